The minimum atomic E-state index is -4.07. The fourth-order valence-electron chi connectivity index (χ4n) is 5.39. The van der Waals surface area contributed by atoms with E-state index in [0.717, 1.165) is 46.7 Å². The SMILES string of the molecule is CCC(C(=O)NC1CCCCC1)N(Cc1ccc(C)cc1)C(=O)CN(c1cccc(C)c1)S(=O)(=O)c1ccccc1. The summed E-state index contributed by atoms with van der Waals surface area (Å²) in [6.07, 6.45) is 5.61. The van der Waals surface area contributed by atoms with Crippen molar-refractivity contribution >= 4 is 27.5 Å². The van der Waals surface area contributed by atoms with Crippen molar-refractivity contribution in [1.82, 2.24) is 10.2 Å². The molecule has 0 saturated heterocycles. The Morgan fingerprint density at radius 2 is 1.56 bits per heavy atom. The summed E-state index contributed by atoms with van der Waals surface area (Å²) in [5.74, 6) is -0.620. The van der Waals surface area contributed by atoms with E-state index in [0.29, 0.717) is 12.1 Å². The Morgan fingerprint density at radius 3 is 2.20 bits per heavy atom. The normalized spacial score (nSPS) is 14.7. The van der Waals surface area contributed by atoms with Crippen molar-refractivity contribution in [3.8, 4) is 0 Å². The molecule has 218 valence electrons. The van der Waals surface area contributed by atoms with Gasteiger partial charge in [0.05, 0.1) is 10.6 Å². The second-order valence-corrected chi connectivity index (χ2v) is 12.8. The first kappa shape index (κ1) is 30.3. The summed E-state index contributed by atoms with van der Waals surface area (Å²) in [5, 5.41) is 3.18. The number of hydrogen-bond acceptors (Lipinski definition) is 4. The second-order valence-electron chi connectivity index (χ2n) is 10.9. The van der Waals surface area contributed by atoms with Gasteiger partial charge in [-0.2, -0.15) is 0 Å². The molecule has 0 bridgehead atoms. The van der Waals surface area contributed by atoms with Crippen LogP contribution in [0.4, 0.5) is 5.69 Å². The lowest BCUT2D eigenvalue weighted by atomic mass is 9.95. The van der Waals surface area contributed by atoms with Gasteiger partial charge in [-0.1, -0.05) is 86.3 Å². The van der Waals surface area contributed by atoms with Gasteiger partial charge in [-0.3, -0.25) is 13.9 Å². The maximum atomic E-state index is 14.2. The summed E-state index contributed by atoms with van der Waals surface area (Å²) in [6, 6.07) is 22.4. The van der Waals surface area contributed by atoms with Crippen LogP contribution in [0.3, 0.4) is 0 Å². The van der Waals surface area contributed by atoms with Crippen LogP contribution in [0, 0.1) is 13.8 Å². The van der Waals surface area contributed by atoms with E-state index < -0.39 is 28.5 Å². The number of carbonyl (C=O) groups is 2. The minimum Gasteiger partial charge on any atom is -0.352 e. The number of sulfonamides is 1. The fraction of sp³-hybridized carbons (Fsp3) is 0.394. The Balaban J connectivity index is 1.69. The molecule has 3 aromatic rings. The Morgan fingerprint density at radius 1 is 0.878 bits per heavy atom. The highest BCUT2D eigenvalue weighted by Gasteiger charge is 2.34. The van der Waals surface area contributed by atoms with Gasteiger partial charge in [0, 0.05) is 12.6 Å². The first-order valence-corrected chi connectivity index (χ1v) is 15.9. The van der Waals surface area contributed by atoms with Gasteiger partial charge in [0.1, 0.15) is 12.6 Å². The van der Waals surface area contributed by atoms with Crippen LogP contribution in [0.1, 0.15) is 62.1 Å². The molecule has 4 rings (SSSR count). The Hall–Kier alpha value is -3.65. The van der Waals surface area contributed by atoms with Crippen LogP contribution in [-0.4, -0.2) is 43.8 Å². The maximum absolute atomic E-state index is 14.2. The predicted molar refractivity (Wildman–Crippen MR) is 163 cm³/mol. The van der Waals surface area contributed by atoms with E-state index in [1.165, 1.54) is 18.6 Å². The zero-order chi connectivity index (χ0) is 29.4. The van der Waals surface area contributed by atoms with Crippen molar-refractivity contribution in [2.75, 3.05) is 10.8 Å². The average Bonchev–Trinajstić information content (AvgIpc) is 2.97. The maximum Gasteiger partial charge on any atom is 0.264 e. The number of hydrogen-bond donors (Lipinski definition) is 1. The molecule has 1 unspecified atom stereocenters. The molecule has 8 heteroatoms. The van der Waals surface area contributed by atoms with E-state index in [2.05, 4.69) is 5.32 Å². The third kappa shape index (κ3) is 7.76. The highest BCUT2D eigenvalue weighted by Crippen LogP contribution is 2.26. The van der Waals surface area contributed by atoms with Gasteiger partial charge in [-0.15, -0.1) is 0 Å². The van der Waals surface area contributed by atoms with Crippen molar-refractivity contribution in [2.24, 2.45) is 0 Å². The van der Waals surface area contributed by atoms with Crippen molar-refractivity contribution in [1.29, 1.82) is 0 Å². The van der Waals surface area contributed by atoms with Gasteiger partial charge < -0.3 is 10.2 Å². The lowest BCUT2D eigenvalue weighted by Gasteiger charge is -2.34. The molecule has 0 radical (unpaired) electrons. The van der Waals surface area contributed by atoms with E-state index in [1.807, 2.05) is 51.1 Å². The Kier molecular flexibility index (Phi) is 10.2. The predicted octanol–water partition coefficient (Wildman–Crippen LogP) is 5.76. The van der Waals surface area contributed by atoms with Crippen LogP contribution < -0.4 is 9.62 Å². The number of nitrogens with zero attached hydrogens (tertiary/aromatic N) is 2. The summed E-state index contributed by atoms with van der Waals surface area (Å²) in [6.45, 7) is 5.53. The van der Waals surface area contributed by atoms with Crippen LogP contribution in [0.5, 0.6) is 0 Å². The quantitative estimate of drug-likeness (QED) is 0.315. The summed E-state index contributed by atoms with van der Waals surface area (Å²) in [4.78, 5) is 29.5. The van der Waals surface area contributed by atoms with Gasteiger partial charge in [0.25, 0.3) is 10.0 Å². The topological polar surface area (TPSA) is 86.8 Å². The van der Waals surface area contributed by atoms with Crippen LogP contribution in [0.15, 0.2) is 83.8 Å². The molecule has 0 aromatic heterocycles. The Bertz CT molecular complexity index is 1420. The molecule has 3 aromatic carbocycles. The highest BCUT2D eigenvalue weighted by atomic mass is 32.2. The zero-order valence-corrected chi connectivity index (χ0v) is 25.1. The van der Waals surface area contributed by atoms with Crippen molar-refractivity contribution in [3.63, 3.8) is 0 Å². The van der Waals surface area contributed by atoms with Crippen molar-refractivity contribution < 1.29 is 18.0 Å². The van der Waals surface area contributed by atoms with E-state index in [-0.39, 0.29) is 23.4 Å². The Labute approximate surface area is 244 Å². The van der Waals surface area contributed by atoms with Crippen LogP contribution in [0.25, 0.3) is 0 Å². The van der Waals surface area contributed by atoms with Gasteiger partial charge in [0.2, 0.25) is 11.8 Å². The van der Waals surface area contributed by atoms with Gasteiger partial charge >= 0.3 is 0 Å². The third-order valence-electron chi connectivity index (χ3n) is 7.71. The number of nitrogens with one attached hydrogen (secondary N) is 1. The van der Waals surface area contributed by atoms with E-state index >= 15 is 0 Å². The lowest BCUT2D eigenvalue weighted by Crippen LogP contribution is -2.54. The standard InChI is InChI=1S/C33H41N3O4S/c1-4-31(33(38)34-28-13-7-5-8-14-28)35(23-27-20-18-25(2)19-21-27)32(37)24-36(29-15-11-12-26(3)22-29)41(39,40)30-16-9-6-10-17-30/h6,9-12,15-22,28,31H,4-5,7-8,13-14,23-24H2,1-3H3,(H,34,38). The largest absolute Gasteiger partial charge is 0.352 e. The zero-order valence-electron chi connectivity index (χ0n) is 24.3. The lowest BCUT2D eigenvalue weighted by molar-refractivity contribution is -0.140. The van der Waals surface area contributed by atoms with Gasteiger partial charge in [0.15, 0.2) is 0 Å². The van der Waals surface area contributed by atoms with E-state index in [1.54, 1.807) is 41.3 Å². The van der Waals surface area contributed by atoms with E-state index in [4.69, 9.17) is 0 Å². The first-order chi connectivity index (χ1) is 19.7. The molecule has 1 fully saturated rings. The second kappa shape index (κ2) is 13.8. The summed E-state index contributed by atoms with van der Waals surface area (Å²) < 4.78 is 29.0. The molecule has 0 spiro atoms. The smallest absolute Gasteiger partial charge is 0.264 e. The molecule has 1 saturated carbocycles. The van der Waals surface area contributed by atoms with Crippen molar-refractivity contribution in [3.05, 3.63) is 95.6 Å². The summed E-state index contributed by atoms with van der Waals surface area (Å²) >= 11 is 0. The van der Waals surface area contributed by atoms with Crippen molar-refractivity contribution in [2.45, 2.75) is 82.8 Å². The molecule has 0 aliphatic heterocycles. The molecular weight excluding hydrogens is 534 g/mol. The molecule has 0 heterocycles. The number of aryl methyl sites for hydroxylation is 2. The number of anilines is 1. The number of amides is 2. The molecule has 1 aliphatic carbocycles. The molecule has 1 aliphatic rings. The molecular formula is C33H41N3O4S. The monoisotopic (exact) mass is 575 g/mol. The van der Waals surface area contributed by atoms with Crippen LogP contribution >= 0.6 is 0 Å². The van der Waals surface area contributed by atoms with Crippen LogP contribution in [0.2, 0.25) is 0 Å². The number of rotatable bonds is 11. The summed E-state index contributed by atoms with van der Waals surface area (Å²) in [5.41, 5.74) is 3.24. The third-order valence-corrected chi connectivity index (χ3v) is 9.50. The number of benzene rings is 3. The highest BCUT2D eigenvalue weighted by molar-refractivity contribution is 7.92. The summed E-state index contributed by atoms with van der Waals surface area (Å²) in [7, 11) is -4.07. The van der Waals surface area contributed by atoms with Gasteiger partial charge in [-0.25, -0.2) is 8.42 Å². The fourth-order valence-corrected chi connectivity index (χ4v) is 6.81. The van der Waals surface area contributed by atoms with Gasteiger partial charge in [-0.05, 0) is 68.5 Å². The molecule has 41 heavy (non-hydrogen) atoms. The van der Waals surface area contributed by atoms with Crippen LogP contribution in [-0.2, 0) is 26.2 Å². The number of carbonyl (C=O) groups excluding carboxylic acids is 2. The molecule has 2 amide bonds. The molecule has 1 N–H and O–H groups in total. The first-order valence-electron chi connectivity index (χ1n) is 14.5. The molecule has 7 nitrogen and oxygen atoms in total. The average molecular weight is 576 g/mol. The minimum absolute atomic E-state index is 0.0986. The molecule has 1 atom stereocenters. The van der Waals surface area contributed by atoms with E-state index in [9.17, 15) is 18.0 Å².